The minimum atomic E-state index is -0.636. The van der Waals surface area contributed by atoms with Crippen LogP contribution < -0.4 is 10.1 Å². The van der Waals surface area contributed by atoms with Gasteiger partial charge in [-0.2, -0.15) is 0 Å². The maximum Gasteiger partial charge on any atom is 0.259 e. The number of benzene rings is 2. The van der Waals surface area contributed by atoms with Crippen LogP contribution in [0.3, 0.4) is 0 Å². The number of anilines is 1. The maximum absolute atomic E-state index is 13.3. The lowest BCUT2D eigenvalue weighted by molar-refractivity contribution is 0.102. The molecular formula is C14H11ClFNO3. The second kappa shape index (κ2) is 5.79. The summed E-state index contributed by atoms with van der Waals surface area (Å²) in [5, 5.41) is 12.2. The van der Waals surface area contributed by atoms with E-state index < -0.39 is 11.7 Å². The van der Waals surface area contributed by atoms with E-state index in [4.69, 9.17) is 16.3 Å². The third-order valence-corrected chi connectivity index (χ3v) is 2.93. The van der Waals surface area contributed by atoms with Gasteiger partial charge in [0, 0.05) is 11.8 Å². The van der Waals surface area contributed by atoms with Crippen molar-refractivity contribution in [3.8, 4) is 11.5 Å². The Morgan fingerprint density at radius 2 is 2.05 bits per heavy atom. The second-order valence-corrected chi connectivity index (χ2v) is 4.37. The molecule has 0 heterocycles. The van der Waals surface area contributed by atoms with E-state index in [9.17, 15) is 14.3 Å². The fourth-order valence-corrected chi connectivity index (χ4v) is 1.72. The molecule has 0 aromatic heterocycles. The van der Waals surface area contributed by atoms with Crippen molar-refractivity contribution >= 4 is 23.2 Å². The first-order valence-electron chi connectivity index (χ1n) is 5.64. The van der Waals surface area contributed by atoms with Crippen LogP contribution in [-0.4, -0.2) is 18.1 Å². The molecule has 0 saturated heterocycles. The zero-order valence-electron chi connectivity index (χ0n) is 10.5. The molecule has 0 saturated carbocycles. The number of phenols is 1. The number of methoxy groups -OCH3 is 1. The molecule has 0 radical (unpaired) electrons. The molecule has 4 nitrogen and oxygen atoms in total. The Balaban J connectivity index is 2.21. The molecule has 2 aromatic carbocycles. The quantitative estimate of drug-likeness (QED) is 0.912. The van der Waals surface area contributed by atoms with E-state index in [1.165, 1.54) is 37.4 Å². The molecule has 0 bridgehead atoms. The average molecular weight is 296 g/mol. The smallest absolute Gasteiger partial charge is 0.259 e. The molecule has 0 fully saturated rings. The SMILES string of the molecule is COc1ccc(C(=O)Nc2ccc(Cl)c(F)c2)c(O)c1. The van der Waals surface area contributed by atoms with Crippen molar-refractivity contribution in [3.63, 3.8) is 0 Å². The van der Waals surface area contributed by atoms with E-state index >= 15 is 0 Å². The first kappa shape index (κ1) is 14.1. The summed E-state index contributed by atoms with van der Waals surface area (Å²) in [5.41, 5.74) is 0.299. The van der Waals surface area contributed by atoms with Crippen molar-refractivity contribution in [1.29, 1.82) is 0 Å². The molecular weight excluding hydrogens is 285 g/mol. The van der Waals surface area contributed by atoms with E-state index in [2.05, 4.69) is 5.32 Å². The summed E-state index contributed by atoms with van der Waals surface area (Å²) in [7, 11) is 1.45. The number of carbonyl (C=O) groups excluding carboxylic acids is 1. The molecule has 0 spiro atoms. The molecule has 0 atom stereocenters. The Bertz CT molecular complexity index is 661. The zero-order chi connectivity index (χ0) is 14.7. The highest BCUT2D eigenvalue weighted by molar-refractivity contribution is 6.30. The largest absolute Gasteiger partial charge is 0.507 e. The van der Waals surface area contributed by atoms with Crippen LogP contribution in [0.15, 0.2) is 36.4 Å². The first-order valence-corrected chi connectivity index (χ1v) is 6.02. The van der Waals surface area contributed by atoms with E-state index in [0.717, 1.165) is 6.07 Å². The molecule has 0 aliphatic rings. The molecule has 2 aromatic rings. The van der Waals surface area contributed by atoms with E-state index in [1.54, 1.807) is 0 Å². The van der Waals surface area contributed by atoms with Gasteiger partial charge in [0.2, 0.25) is 0 Å². The summed E-state index contributed by atoms with van der Waals surface area (Å²) in [6.45, 7) is 0. The molecule has 20 heavy (non-hydrogen) atoms. The summed E-state index contributed by atoms with van der Waals surface area (Å²) in [4.78, 5) is 12.0. The molecule has 0 aliphatic carbocycles. The minimum Gasteiger partial charge on any atom is -0.507 e. The lowest BCUT2D eigenvalue weighted by Crippen LogP contribution is -2.12. The van der Waals surface area contributed by atoms with Crippen LogP contribution in [0.1, 0.15) is 10.4 Å². The molecule has 1 amide bonds. The molecule has 0 unspecified atom stereocenters. The van der Waals surface area contributed by atoms with Gasteiger partial charge < -0.3 is 15.2 Å². The molecule has 0 aliphatic heterocycles. The summed E-state index contributed by atoms with van der Waals surface area (Å²) in [6, 6.07) is 8.16. The van der Waals surface area contributed by atoms with Gasteiger partial charge in [0.25, 0.3) is 5.91 Å². The number of carbonyl (C=O) groups is 1. The topological polar surface area (TPSA) is 58.6 Å². The molecule has 6 heteroatoms. The Morgan fingerprint density at radius 1 is 1.30 bits per heavy atom. The third kappa shape index (κ3) is 3.00. The van der Waals surface area contributed by atoms with Crippen LogP contribution in [0.25, 0.3) is 0 Å². The predicted molar refractivity (Wildman–Crippen MR) is 74.0 cm³/mol. The number of nitrogens with one attached hydrogen (secondary N) is 1. The summed E-state index contributed by atoms with van der Waals surface area (Å²) >= 11 is 5.55. The number of ether oxygens (including phenoxy) is 1. The number of hydrogen-bond acceptors (Lipinski definition) is 3. The van der Waals surface area contributed by atoms with Gasteiger partial charge >= 0.3 is 0 Å². The summed E-state index contributed by atoms with van der Waals surface area (Å²) < 4.78 is 18.2. The van der Waals surface area contributed by atoms with Crippen molar-refractivity contribution in [2.75, 3.05) is 12.4 Å². The summed E-state index contributed by atoms with van der Waals surface area (Å²) in [5.74, 6) is -0.997. The van der Waals surface area contributed by atoms with E-state index in [1.807, 2.05) is 0 Å². The second-order valence-electron chi connectivity index (χ2n) is 3.97. The maximum atomic E-state index is 13.3. The van der Waals surface area contributed by atoms with Crippen molar-refractivity contribution in [2.45, 2.75) is 0 Å². The Kier molecular flexibility index (Phi) is 4.10. The lowest BCUT2D eigenvalue weighted by atomic mass is 10.1. The number of phenolic OH excluding ortho intramolecular Hbond substituents is 1. The van der Waals surface area contributed by atoms with Gasteiger partial charge in [0.15, 0.2) is 0 Å². The molecule has 2 N–H and O–H groups in total. The van der Waals surface area contributed by atoms with Crippen molar-refractivity contribution in [3.05, 3.63) is 52.8 Å². The highest BCUT2D eigenvalue weighted by Gasteiger charge is 2.13. The van der Waals surface area contributed by atoms with Crippen LogP contribution >= 0.6 is 11.6 Å². The highest BCUT2D eigenvalue weighted by Crippen LogP contribution is 2.25. The Morgan fingerprint density at radius 3 is 2.65 bits per heavy atom. The van der Waals surface area contributed by atoms with E-state index in [-0.39, 0.29) is 22.0 Å². The van der Waals surface area contributed by atoms with Gasteiger partial charge in [0.05, 0.1) is 17.7 Å². The van der Waals surface area contributed by atoms with Crippen LogP contribution in [0.4, 0.5) is 10.1 Å². The van der Waals surface area contributed by atoms with Crippen LogP contribution in [-0.2, 0) is 0 Å². The van der Waals surface area contributed by atoms with Gasteiger partial charge in [-0.25, -0.2) is 4.39 Å². The van der Waals surface area contributed by atoms with Gasteiger partial charge in [-0.05, 0) is 30.3 Å². The van der Waals surface area contributed by atoms with Crippen LogP contribution in [0, 0.1) is 5.82 Å². The number of amides is 1. The van der Waals surface area contributed by atoms with Crippen LogP contribution in [0.2, 0.25) is 5.02 Å². The van der Waals surface area contributed by atoms with Gasteiger partial charge in [-0.15, -0.1) is 0 Å². The summed E-state index contributed by atoms with van der Waals surface area (Å²) in [6.07, 6.45) is 0. The average Bonchev–Trinajstić information content (AvgIpc) is 2.42. The van der Waals surface area contributed by atoms with Gasteiger partial charge in [0.1, 0.15) is 17.3 Å². The van der Waals surface area contributed by atoms with Crippen molar-refractivity contribution in [2.24, 2.45) is 0 Å². The number of rotatable bonds is 3. The zero-order valence-corrected chi connectivity index (χ0v) is 11.2. The normalized spacial score (nSPS) is 10.2. The third-order valence-electron chi connectivity index (χ3n) is 2.63. The highest BCUT2D eigenvalue weighted by atomic mass is 35.5. The fraction of sp³-hybridized carbons (Fsp3) is 0.0714. The standard InChI is InChI=1S/C14H11ClFNO3/c1-20-9-3-4-10(13(18)7-9)14(19)17-8-2-5-11(15)12(16)6-8/h2-7,18H,1H3,(H,17,19). The van der Waals surface area contributed by atoms with Gasteiger partial charge in [-0.3, -0.25) is 4.79 Å². The lowest BCUT2D eigenvalue weighted by Gasteiger charge is -2.08. The fourth-order valence-electron chi connectivity index (χ4n) is 1.60. The number of hydrogen-bond donors (Lipinski definition) is 2. The minimum absolute atomic E-state index is 0.0321. The molecule has 2 rings (SSSR count). The van der Waals surface area contributed by atoms with Crippen molar-refractivity contribution in [1.82, 2.24) is 0 Å². The first-order chi connectivity index (χ1) is 9.51. The van der Waals surface area contributed by atoms with E-state index in [0.29, 0.717) is 5.75 Å². The predicted octanol–water partition coefficient (Wildman–Crippen LogP) is 3.45. The number of aromatic hydroxyl groups is 1. The molecule has 104 valence electrons. The van der Waals surface area contributed by atoms with Gasteiger partial charge in [-0.1, -0.05) is 11.6 Å². The monoisotopic (exact) mass is 295 g/mol. The Labute approximate surface area is 119 Å². The van der Waals surface area contributed by atoms with Crippen molar-refractivity contribution < 1.29 is 19.0 Å². The van der Waals surface area contributed by atoms with Crippen LogP contribution in [0.5, 0.6) is 11.5 Å². The Hall–Kier alpha value is -2.27. The number of halogens is 2.